The van der Waals surface area contributed by atoms with Crippen molar-refractivity contribution in [2.24, 2.45) is 11.7 Å². The summed E-state index contributed by atoms with van der Waals surface area (Å²) in [4.78, 5) is 11.9. The first-order chi connectivity index (χ1) is 8.65. The van der Waals surface area contributed by atoms with Crippen LogP contribution in [0.5, 0.6) is 0 Å². The lowest BCUT2D eigenvalue weighted by molar-refractivity contribution is -0.120. The van der Waals surface area contributed by atoms with Crippen LogP contribution in [0.1, 0.15) is 18.4 Å². The fourth-order valence-corrected chi connectivity index (χ4v) is 1.65. The van der Waals surface area contributed by atoms with Crippen molar-refractivity contribution in [3.05, 3.63) is 29.8 Å². The minimum atomic E-state index is -0.140. The van der Waals surface area contributed by atoms with E-state index in [0.717, 1.165) is 11.3 Å². The zero-order valence-corrected chi connectivity index (χ0v) is 10.8. The Bertz CT molecular complexity index is 441. The lowest BCUT2D eigenvalue weighted by atomic mass is 10.2. The highest BCUT2D eigenvalue weighted by molar-refractivity contribution is 7.80. The molecule has 1 aliphatic rings. The summed E-state index contributed by atoms with van der Waals surface area (Å²) in [6.07, 6.45) is 2.45. The summed E-state index contributed by atoms with van der Waals surface area (Å²) in [5.74, 6) is 0.529. The molecule has 0 aliphatic heterocycles. The number of rotatable bonds is 6. The Hall–Kier alpha value is -1.46. The quantitative estimate of drug-likeness (QED) is 0.767. The highest BCUT2D eigenvalue weighted by Gasteiger charge is 2.21. The Morgan fingerprint density at radius 2 is 2.06 bits per heavy atom. The van der Waals surface area contributed by atoms with Crippen LogP contribution in [0.3, 0.4) is 0 Å². The SMILES string of the molecule is NC(=S)c1ccc(NC(=O)COCC2CC2)cc1. The topological polar surface area (TPSA) is 64.3 Å². The minimum absolute atomic E-state index is 0.105. The van der Waals surface area contributed by atoms with Gasteiger partial charge in [-0.25, -0.2) is 0 Å². The van der Waals surface area contributed by atoms with E-state index in [0.29, 0.717) is 17.5 Å². The van der Waals surface area contributed by atoms with Gasteiger partial charge in [-0.2, -0.15) is 0 Å². The summed E-state index contributed by atoms with van der Waals surface area (Å²) in [5, 5.41) is 2.75. The number of ether oxygens (including phenoxy) is 1. The van der Waals surface area contributed by atoms with Crippen LogP contribution in [0.15, 0.2) is 24.3 Å². The Labute approximate surface area is 112 Å². The van der Waals surface area contributed by atoms with Gasteiger partial charge in [-0.1, -0.05) is 12.2 Å². The zero-order valence-electron chi connectivity index (χ0n) is 10.0. The molecule has 5 heteroatoms. The molecule has 0 bridgehead atoms. The highest BCUT2D eigenvalue weighted by atomic mass is 32.1. The van der Waals surface area contributed by atoms with Crippen molar-refractivity contribution in [2.45, 2.75) is 12.8 Å². The van der Waals surface area contributed by atoms with E-state index in [9.17, 15) is 4.79 Å². The predicted octanol–water partition coefficient (Wildman–Crippen LogP) is 1.69. The molecule has 0 aromatic heterocycles. The second kappa shape index (κ2) is 5.93. The third-order valence-corrected chi connectivity index (χ3v) is 2.97. The van der Waals surface area contributed by atoms with Crippen LogP contribution < -0.4 is 11.1 Å². The minimum Gasteiger partial charge on any atom is -0.389 e. The molecular formula is C13H16N2O2S. The number of benzene rings is 1. The highest BCUT2D eigenvalue weighted by Crippen LogP contribution is 2.28. The molecule has 0 spiro atoms. The van der Waals surface area contributed by atoms with Gasteiger partial charge in [-0.05, 0) is 43.0 Å². The smallest absolute Gasteiger partial charge is 0.250 e. The number of carbonyl (C=O) groups excluding carboxylic acids is 1. The van der Waals surface area contributed by atoms with Gasteiger partial charge in [0.05, 0.1) is 6.61 Å². The maximum atomic E-state index is 11.5. The molecule has 0 heterocycles. The largest absolute Gasteiger partial charge is 0.389 e. The number of hydrogen-bond acceptors (Lipinski definition) is 3. The first-order valence-electron chi connectivity index (χ1n) is 5.92. The molecule has 1 aliphatic carbocycles. The molecule has 0 radical (unpaired) electrons. The van der Waals surface area contributed by atoms with Gasteiger partial charge >= 0.3 is 0 Å². The van der Waals surface area contributed by atoms with E-state index in [2.05, 4.69) is 5.32 Å². The van der Waals surface area contributed by atoms with Gasteiger partial charge in [0.1, 0.15) is 11.6 Å². The van der Waals surface area contributed by atoms with Crippen LogP contribution in [-0.2, 0) is 9.53 Å². The van der Waals surface area contributed by atoms with Crippen molar-refractivity contribution in [1.82, 2.24) is 0 Å². The Balaban J connectivity index is 1.76. The molecule has 96 valence electrons. The van der Waals surface area contributed by atoms with Crippen LogP contribution in [0, 0.1) is 5.92 Å². The van der Waals surface area contributed by atoms with Crippen molar-refractivity contribution < 1.29 is 9.53 Å². The molecule has 3 N–H and O–H groups in total. The van der Waals surface area contributed by atoms with Gasteiger partial charge in [0.15, 0.2) is 0 Å². The average Bonchev–Trinajstić information content (AvgIpc) is 3.13. The first-order valence-corrected chi connectivity index (χ1v) is 6.33. The van der Waals surface area contributed by atoms with Crippen LogP contribution in [0.25, 0.3) is 0 Å². The molecule has 4 nitrogen and oxygen atoms in total. The van der Waals surface area contributed by atoms with E-state index >= 15 is 0 Å². The molecule has 1 saturated carbocycles. The third-order valence-electron chi connectivity index (χ3n) is 2.74. The maximum absolute atomic E-state index is 11.5. The predicted molar refractivity (Wildman–Crippen MR) is 74.5 cm³/mol. The summed E-state index contributed by atoms with van der Waals surface area (Å²) in [5.41, 5.74) is 6.99. The van der Waals surface area contributed by atoms with Crippen molar-refractivity contribution >= 4 is 28.8 Å². The lowest BCUT2D eigenvalue weighted by Gasteiger charge is -2.06. The van der Waals surface area contributed by atoms with Gasteiger partial charge in [0.2, 0.25) is 5.91 Å². The van der Waals surface area contributed by atoms with Crippen molar-refractivity contribution in [3.63, 3.8) is 0 Å². The maximum Gasteiger partial charge on any atom is 0.250 e. The lowest BCUT2D eigenvalue weighted by Crippen LogP contribution is -2.19. The number of nitrogens with two attached hydrogens (primary N) is 1. The summed E-state index contributed by atoms with van der Waals surface area (Å²) in [6.45, 7) is 0.793. The van der Waals surface area contributed by atoms with E-state index in [4.69, 9.17) is 22.7 Å². The normalized spacial score (nSPS) is 14.2. The molecule has 1 fully saturated rings. The Morgan fingerprint density at radius 1 is 1.39 bits per heavy atom. The van der Waals surface area contributed by atoms with Gasteiger partial charge in [-0.3, -0.25) is 4.79 Å². The van der Waals surface area contributed by atoms with E-state index in [-0.39, 0.29) is 12.5 Å². The summed E-state index contributed by atoms with van der Waals surface area (Å²) in [7, 11) is 0. The Morgan fingerprint density at radius 3 is 2.61 bits per heavy atom. The average molecular weight is 264 g/mol. The number of amides is 1. The molecule has 0 saturated heterocycles. The van der Waals surface area contributed by atoms with Crippen LogP contribution in [-0.4, -0.2) is 24.1 Å². The number of anilines is 1. The molecule has 0 unspecified atom stereocenters. The number of nitrogens with one attached hydrogen (secondary N) is 1. The van der Waals surface area contributed by atoms with Crippen LogP contribution >= 0.6 is 12.2 Å². The molecule has 1 amide bonds. The second-order valence-corrected chi connectivity index (χ2v) is 4.89. The molecule has 1 aromatic carbocycles. The van der Waals surface area contributed by atoms with Crippen molar-refractivity contribution in [1.29, 1.82) is 0 Å². The van der Waals surface area contributed by atoms with E-state index < -0.39 is 0 Å². The fourth-order valence-electron chi connectivity index (χ4n) is 1.52. The monoisotopic (exact) mass is 264 g/mol. The van der Waals surface area contributed by atoms with Crippen LogP contribution in [0.4, 0.5) is 5.69 Å². The van der Waals surface area contributed by atoms with Crippen molar-refractivity contribution in [2.75, 3.05) is 18.5 Å². The van der Waals surface area contributed by atoms with Gasteiger partial charge in [0, 0.05) is 11.3 Å². The summed E-state index contributed by atoms with van der Waals surface area (Å²) < 4.78 is 5.30. The first kappa shape index (κ1) is 13.0. The molecule has 1 aromatic rings. The van der Waals surface area contributed by atoms with E-state index in [1.165, 1.54) is 12.8 Å². The number of hydrogen-bond donors (Lipinski definition) is 2. The van der Waals surface area contributed by atoms with Crippen molar-refractivity contribution in [3.8, 4) is 0 Å². The second-order valence-electron chi connectivity index (χ2n) is 4.45. The van der Waals surface area contributed by atoms with E-state index in [1.54, 1.807) is 24.3 Å². The zero-order chi connectivity index (χ0) is 13.0. The number of thiocarbonyl (C=S) groups is 1. The third kappa shape index (κ3) is 4.09. The summed E-state index contributed by atoms with van der Waals surface area (Å²) >= 11 is 4.85. The fraction of sp³-hybridized carbons (Fsp3) is 0.385. The molecule has 2 rings (SSSR count). The molecular weight excluding hydrogens is 248 g/mol. The number of carbonyl (C=O) groups is 1. The van der Waals surface area contributed by atoms with Gasteiger partial charge < -0.3 is 15.8 Å². The van der Waals surface area contributed by atoms with Gasteiger partial charge in [-0.15, -0.1) is 0 Å². The summed E-state index contributed by atoms with van der Waals surface area (Å²) in [6, 6.07) is 7.10. The van der Waals surface area contributed by atoms with Crippen LogP contribution in [0.2, 0.25) is 0 Å². The molecule has 0 atom stereocenters. The standard InChI is InChI=1S/C13H16N2O2S/c14-13(18)10-3-5-11(6-4-10)15-12(16)8-17-7-9-1-2-9/h3-6,9H,1-2,7-8H2,(H2,14,18)(H,15,16). The molecule has 18 heavy (non-hydrogen) atoms. The van der Waals surface area contributed by atoms with Gasteiger partial charge in [0.25, 0.3) is 0 Å². The van der Waals surface area contributed by atoms with E-state index in [1.807, 2.05) is 0 Å². The Kier molecular flexibility index (Phi) is 4.28.